The summed E-state index contributed by atoms with van der Waals surface area (Å²) < 4.78 is 49.6. The number of amidine groups is 1. The topological polar surface area (TPSA) is 72.2 Å². The van der Waals surface area contributed by atoms with E-state index in [4.69, 9.17) is 21.1 Å². The average molecular weight is 492 g/mol. The third-order valence-corrected chi connectivity index (χ3v) is 4.83. The van der Waals surface area contributed by atoms with Crippen molar-refractivity contribution in [1.82, 2.24) is 14.9 Å². The van der Waals surface area contributed by atoms with E-state index in [1.54, 1.807) is 36.4 Å². The monoisotopic (exact) mass is 491 g/mol. The number of ether oxygens (including phenoxy) is 2. The van der Waals surface area contributed by atoms with Crippen LogP contribution in [0.3, 0.4) is 0 Å². The first-order valence-corrected chi connectivity index (χ1v) is 10.3. The molecule has 34 heavy (non-hydrogen) atoms. The van der Waals surface area contributed by atoms with E-state index in [0.29, 0.717) is 28.2 Å². The lowest BCUT2D eigenvalue weighted by molar-refractivity contribution is -0.141. The number of aromatic nitrogens is 2. The highest BCUT2D eigenvalue weighted by molar-refractivity contribution is 6.30. The van der Waals surface area contributed by atoms with E-state index >= 15 is 0 Å². The maximum atomic E-state index is 13.1. The average Bonchev–Trinajstić information content (AvgIpc) is 2.80. The molecule has 1 aromatic heterocycles. The standard InChI is InChI=1S/C23H21ClF3N5O2/c1-14(32(2)3)30-31-21(15-5-9-17(24)10-6-15)16-7-11-18(12-8-16)34-22-28-19(23(25,26)27)13-20(29-22)33-4/h5-13H,1-4H3. The Balaban J connectivity index is 1.93. The number of hydrogen-bond donors (Lipinski definition) is 0. The van der Waals surface area contributed by atoms with Crippen molar-refractivity contribution < 1.29 is 22.6 Å². The molecule has 178 valence electrons. The summed E-state index contributed by atoms with van der Waals surface area (Å²) >= 11 is 6.01. The summed E-state index contributed by atoms with van der Waals surface area (Å²) in [6.45, 7) is 1.82. The Morgan fingerprint density at radius 1 is 0.941 bits per heavy atom. The first-order valence-electron chi connectivity index (χ1n) is 9.91. The number of hydrogen-bond acceptors (Lipinski definition) is 6. The van der Waals surface area contributed by atoms with Crippen molar-refractivity contribution in [2.75, 3.05) is 21.2 Å². The van der Waals surface area contributed by atoms with Crippen molar-refractivity contribution in [3.63, 3.8) is 0 Å². The van der Waals surface area contributed by atoms with Gasteiger partial charge in [0.1, 0.15) is 17.3 Å². The first-order chi connectivity index (χ1) is 16.1. The Morgan fingerprint density at radius 3 is 2.06 bits per heavy atom. The smallest absolute Gasteiger partial charge is 0.433 e. The van der Waals surface area contributed by atoms with Crippen LogP contribution in [0.4, 0.5) is 13.2 Å². The van der Waals surface area contributed by atoms with Crippen molar-refractivity contribution in [3.8, 4) is 17.6 Å². The Kier molecular flexibility index (Phi) is 7.72. The second kappa shape index (κ2) is 10.5. The van der Waals surface area contributed by atoms with E-state index in [9.17, 15) is 13.2 Å². The van der Waals surface area contributed by atoms with Crippen molar-refractivity contribution >= 4 is 23.1 Å². The minimum absolute atomic E-state index is 0.230. The van der Waals surface area contributed by atoms with Gasteiger partial charge in [0.25, 0.3) is 0 Å². The fraction of sp³-hybridized carbons (Fsp3) is 0.217. The highest BCUT2D eigenvalue weighted by atomic mass is 35.5. The fourth-order valence-electron chi connectivity index (χ4n) is 2.59. The van der Waals surface area contributed by atoms with Gasteiger partial charge in [0, 0.05) is 36.3 Å². The molecular weight excluding hydrogens is 471 g/mol. The molecule has 0 saturated carbocycles. The number of rotatable bonds is 6. The molecule has 3 rings (SSSR count). The van der Waals surface area contributed by atoms with Crippen LogP contribution < -0.4 is 9.47 Å². The van der Waals surface area contributed by atoms with Gasteiger partial charge in [0.05, 0.1) is 7.11 Å². The molecule has 3 aromatic rings. The van der Waals surface area contributed by atoms with Crippen LogP contribution in [0.1, 0.15) is 23.7 Å². The maximum Gasteiger partial charge on any atom is 0.433 e. The molecular formula is C23H21ClF3N5O2. The second-order valence-electron chi connectivity index (χ2n) is 7.20. The van der Waals surface area contributed by atoms with Crippen molar-refractivity contribution in [3.05, 3.63) is 76.4 Å². The SMILES string of the molecule is COc1cc(C(F)(F)F)nc(Oc2ccc(C(=NN=C(C)N(C)C)c3ccc(Cl)cc3)cc2)n1. The molecule has 2 aromatic carbocycles. The molecule has 0 N–H and O–H groups in total. The number of alkyl halides is 3. The van der Waals surface area contributed by atoms with Crippen molar-refractivity contribution in [1.29, 1.82) is 0 Å². The van der Waals surface area contributed by atoms with E-state index in [-0.39, 0.29) is 11.6 Å². The van der Waals surface area contributed by atoms with Crippen LogP contribution in [0.5, 0.6) is 17.6 Å². The lowest BCUT2D eigenvalue weighted by atomic mass is 10.0. The molecule has 0 atom stereocenters. The van der Waals surface area contributed by atoms with Crippen LogP contribution >= 0.6 is 11.6 Å². The number of halogens is 4. The van der Waals surface area contributed by atoms with Crippen molar-refractivity contribution in [2.45, 2.75) is 13.1 Å². The van der Waals surface area contributed by atoms with Crippen LogP contribution in [0.15, 0.2) is 64.8 Å². The molecule has 0 saturated heterocycles. The predicted octanol–water partition coefficient (Wildman–Crippen LogP) is 5.68. The molecule has 0 bridgehead atoms. The predicted molar refractivity (Wildman–Crippen MR) is 124 cm³/mol. The number of methoxy groups -OCH3 is 1. The highest BCUT2D eigenvalue weighted by Gasteiger charge is 2.34. The normalized spacial score (nSPS) is 12.5. The molecule has 1 heterocycles. The molecule has 11 heteroatoms. The Bertz CT molecular complexity index is 1190. The first kappa shape index (κ1) is 25.0. The quantitative estimate of drug-likeness (QED) is 0.252. The van der Waals surface area contributed by atoms with Gasteiger partial charge >= 0.3 is 12.2 Å². The third-order valence-electron chi connectivity index (χ3n) is 4.58. The Morgan fingerprint density at radius 2 is 1.53 bits per heavy atom. The molecule has 0 aliphatic rings. The van der Waals surface area contributed by atoms with Gasteiger partial charge in [-0.25, -0.2) is 0 Å². The number of benzene rings is 2. The lowest BCUT2D eigenvalue weighted by Gasteiger charge is -2.12. The van der Waals surface area contributed by atoms with E-state index in [1.165, 1.54) is 7.11 Å². The fourth-order valence-corrected chi connectivity index (χ4v) is 2.71. The largest absolute Gasteiger partial charge is 0.481 e. The van der Waals surface area contributed by atoms with E-state index in [0.717, 1.165) is 5.56 Å². The summed E-state index contributed by atoms with van der Waals surface area (Å²) in [5.74, 6) is 0.663. The molecule has 7 nitrogen and oxygen atoms in total. The molecule has 0 fully saturated rings. The Hall–Kier alpha value is -3.66. The summed E-state index contributed by atoms with van der Waals surface area (Å²) in [4.78, 5) is 9.08. The molecule has 0 aliphatic heterocycles. The van der Waals surface area contributed by atoms with Crippen LogP contribution in [-0.4, -0.2) is 47.6 Å². The molecule has 0 spiro atoms. The summed E-state index contributed by atoms with van der Waals surface area (Å²) in [5.41, 5.74) is 0.880. The zero-order valence-corrected chi connectivity index (χ0v) is 19.5. The third kappa shape index (κ3) is 6.44. The van der Waals surface area contributed by atoms with Crippen LogP contribution in [0, 0.1) is 0 Å². The van der Waals surface area contributed by atoms with Gasteiger partial charge in [-0.05, 0) is 43.3 Å². The van der Waals surface area contributed by atoms with Gasteiger partial charge in [0.15, 0.2) is 5.69 Å². The summed E-state index contributed by atoms with van der Waals surface area (Å²) in [6, 6.07) is 13.9. The van der Waals surface area contributed by atoms with E-state index in [2.05, 4.69) is 20.2 Å². The van der Waals surface area contributed by atoms with E-state index in [1.807, 2.05) is 38.1 Å². The van der Waals surface area contributed by atoms with Crippen LogP contribution in [0.2, 0.25) is 5.02 Å². The van der Waals surface area contributed by atoms with Crippen LogP contribution in [-0.2, 0) is 6.18 Å². The van der Waals surface area contributed by atoms with Crippen LogP contribution in [0.25, 0.3) is 0 Å². The molecule has 0 radical (unpaired) electrons. The zero-order chi connectivity index (χ0) is 24.9. The van der Waals surface area contributed by atoms with Gasteiger partial charge in [-0.1, -0.05) is 23.7 Å². The summed E-state index contributed by atoms with van der Waals surface area (Å²) in [6.07, 6.45) is -4.67. The number of nitrogens with zero attached hydrogens (tertiary/aromatic N) is 5. The molecule has 0 unspecified atom stereocenters. The van der Waals surface area contributed by atoms with Gasteiger partial charge in [-0.3, -0.25) is 0 Å². The molecule has 0 amide bonds. The Labute approximate surface area is 199 Å². The minimum atomic E-state index is -4.67. The van der Waals surface area contributed by atoms with Gasteiger partial charge < -0.3 is 14.4 Å². The van der Waals surface area contributed by atoms with E-state index < -0.39 is 17.9 Å². The molecule has 0 aliphatic carbocycles. The second-order valence-corrected chi connectivity index (χ2v) is 7.64. The van der Waals surface area contributed by atoms with Gasteiger partial charge in [-0.15, -0.1) is 10.2 Å². The van der Waals surface area contributed by atoms with Gasteiger partial charge in [-0.2, -0.15) is 23.1 Å². The van der Waals surface area contributed by atoms with Crippen molar-refractivity contribution in [2.24, 2.45) is 10.2 Å². The minimum Gasteiger partial charge on any atom is -0.481 e. The highest BCUT2D eigenvalue weighted by Crippen LogP contribution is 2.31. The summed E-state index contributed by atoms with van der Waals surface area (Å²) in [7, 11) is 4.92. The maximum absolute atomic E-state index is 13.1. The lowest BCUT2D eigenvalue weighted by Crippen LogP contribution is -2.18. The van der Waals surface area contributed by atoms with Gasteiger partial charge in [0.2, 0.25) is 5.88 Å². The summed E-state index contributed by atoms with van der Waals surface area (Å²) in [5, 5.41) is 9.25. The zero-order valence-electron chi connectivity index (χ0n) is 18.8.